The Morgan fingerprint density at radius 2 is 1.95 bits per heavy atom. The predicted molar refractivity (Wildman–Crippen MR) is 86.1 cm³/mol. The number of likely N-dealkylation sites (tertiary alicyclic amines) is 1. The smallest absolute Gasteiger partial charge is 0.126 e. The van der Waals surface area contributed by atoms with Gasteiger partial charge in [0.15, 0.2) is 0 Å². The Morgan fingerprint density at radius 3 is 2.65 bits per heavy atom. The van der Waals surface area contributed by atoms with Gasteiger partial charge >= 0.3 is 0 Å². The summed E-state index contributed by atoms with van der Waals surface area (Å²) in [6.45, 7) is 11.6. The van der Waals surface area contributed by atoms with Crippen LogP contribution in [0.2, 0.25) is 0 Å². The Balaban J connectivity index is 1.59. The van der Waals surface area contributed by atoms with Crippen molar-refractivity contribution in [2.45, 2.75) is 40.0 Å². The molecule has 2 heterocycles. The molecule has 0 spiro atoms. The summed E-state index contributed by atoms with van der Waals surface area (Å²) < 4.78 is 0. The Morgan fingerprint density at radius 1 is 1.20 bits per heavy atom. The summed E-state index contributed by atoms with van der Waals surface area (Å²) in [5, 5.41) is 3.41. The van der Waals surface area contributed by atoms with Gasteiger partial charge in [-0.1, -0.05) is 19.9 Å². The van der Waals surface area contributed by atoms with E-state index in [1.165, 1.54) is 38.9 Å². The highest BCUT2D eigenvalue weighted by atomic mass is 15.1. The first-order valence-corrected chi connectivity index (χ1v) is 8.03. The Bertz CT molecular complexity index is 395. The number of piperidine rings is 1. The molecule has 0 saturated carbocycles. The third-order valence-electron chi connectivity index (χ3n) is 4.04. The third-order valence-corrected chi connectivity index (χ3v) is 4.04. The van der Waals surface area contributed by atoms with E-state index in [0.29, 0.717) is 0 Å². The molecule has 20 heavy (non-hydrogen) atoms. The van der Waals surface area contributed by atoms with Crippen LogP contribution in [0.15, 0.2) is 18.2 Å². The molecule has 1 aliphatic heterocycles. The largest absolute Gasteiger partial charge is 0.370 e. The minimum absolute atomic E-state index is 0.869. The van der Waals surface area contributed by atoms with Crippen molar-refractivity contribution in [2.75, 3.05) is 31.5 Å². The van der Waals surface area contributed by atoms with Crippen LogP contribution in [-0.4, -0.2) is 36.1 Å². The van der Waals surface area contributed by atoms with Crippen molar-refractivity contribution < 1.29 is 0 Å². The molecule has 0 amide bonds. The maximum Gasteiger partial charge on any atom is 0.126 e. The number of nitrogens with one attached hydrogen (secondary N) is 1. The first-order chi connectivity index (χ1) is 9.63. The minimum Gasteiger partial charge on any atom is -0.370 e. The maximum atomic E-state index is 4.46. The fraction of sp³-hybridized carbons (Fsp3) is 0.706. The molecule has 3 heteroatoms. The van der Waals surface area contributed by atoms with E-state index < -0.39 is 0 Å². The molecule has 1 N–H and O–H groups in total. The highest BCUT2D eigenvalue weighted by Crippen LogP contribution is 2.20. The number of hydrogen-bond acceptors (Lipinski definition) is 3. The first-order valence-electron chi connectivity index (χ1n) is 8.03. The summed E-state index contributed by atoms with van der Waals surface area (Å²) in [5.74, 6) is 2.74. The van der Waals surface area contributed by atoms with E-state index in [4.69, 9.17) is 0 Å². The van der Waals surface area contributed by atoms with Gasteiger partial charge in [0.2, 0.25) is 0 Å². The Hall–Kier alpha value is -1.09. The minimum atomic E-state index is 0.869. The SMILES string of the molecule is Cc1cccc(NCCCCN2CC(C)CC(C)C2)n1. The number of pyridine rings is 1. The van der Waals surface area contributed by atoms with Gasteiger partial charge in [0.05, 0.1) is 0 Å². The lowest BCUT2D eigenvalue weighted by molar-refractivity contribution is 0.139. The maximum absolute atomic E-state index is 4.46. The summed E-state index contributed by atoms with van der Waals surface area (Å²) in [6.07, 6.45) is 3.89. The van der Waals surface area contributed by atoms with E-state index >= 15 is 0 Å². The molecule has 0 aliphatic carbocycles. The molecular formula is C17H29N3. The van der Waals surface area contributed by atoms with Gasteiger partial charge in [-0.05, 0) is 56.7 Å². The highest BCUT2D eigenvalue weighted by Gasteiger charge is 2.20. The van der Waals surface area contributed by atoms with Gasteiger partial charge in [-0.2, -0.15) is 0 Å². The normalized spacial score (nSPS) is 23.8. The molecule has 0 bridgehead atoms. The topological polar surface area (TPSA) is 28.2 Å². The molecular weight excluding hydrogens is 246 g/mol. The molecule has 1 aromatic rings. The number of aryl methyl sites for hydroxylation is 1. The van der Waals surface area contributed by atoms with Crippen molar-refractivity contribution in [3.63, 3.8) is 0 Å². The van der Waals surface area contributed by atoms with Gasteiger partial charge in [0, 0.05) is 25.3 Å². The lowest BCUT2D eigenvalue weighted by Gasteiger charge is -2.34. The molecule has 3 nitrogen and oxygen atoms in total. The Labute approximate surface area is 123 Å². The monoisotopic (exact) mass is 275 g/mol. The number of anilines is 1. The van der Waals surface area contributed by atoms with E-state index in [1.807, 2.05) is 19.1 Å². The summed E-state index contributed by atoms with van der Waals surface area (Å²) in [4.78, 5) is 7.10. The van der Waals surface area contributed by atoms with E-state index in [1.54, 1.807) is 0 Å². The standard InChI is InChI=1S/C17H29N3/c1-14-11-15(2)13-20(12-14)10-5-4-9-18-17-8-6-7-16(3)19-17/h6-8,14-15H,4-5,9-13H2,1-3H3,(H,18,19). The summed E-state index contributed by atoms with van der Waals surface area (Å²) in [7, 11) is 0. The number of nitrogens with zero attached hydrogens (tertiary/aromatic N) is 2. The molecule has 0 radical (unpaired) electrons. The number of aromatic nitrogens is 1. The van der Waals surface area contributed by atoms with Crippen molar-refractivity contribution in [3.05, 3.63) is 23.9 Å². The van der Waals surface area contributed by atoms with Crippen LogP contribution in [0.5, 0.6) is 0 Å². The Kier molecular flexibility index (Phi) is 5.84. The second kappa shape index (κ2) is 7.63. The van der Waals surface area contributed by atoms with E-state index in [2.05, 4.69) is 35.1 Å². The van der Waals surface area contributed by atoms with Crippen LogP contribution in [-0.2, 0) is 0 Å². The average molecular weight is 275 g/mol. The van der Waals surface area contributed by atoms with Crippen LogP contribution < -0.4 is 5.32 Å². The molecule has 0 aromatic carbocycles. The molecule has 1 aromatic heterocycles. The summed E-state index contributed by atoms with van der Waals surface area (Å²) in [6, 6.07) is 6.13. The van der Waals surface area contributed by atoms with Gasteiger partial charge < -0.3 is 10.2 Å². The average Bonchev–Trinajstić information content (AvgIpc) is 2.37. The molecule has 2 rings (SSSR count). The number of unbranched alkanes of at least 4 members (excludes halogenated alkanes) is 1. The van der Waals surface area contributed by atoms with Gasteiger partial charge in [-0.15, -0.1) is 0 Å². The molecule has 1 saturated heterocycles. The zero-order valence-corrected chi connectivity index (χ0v) is 13.2. The quantitative estimate of drug-likeness (QED) is 0.805. The van der Waals surface area contributed by atoms with Crippen LogP contribution in [0.25, 0.3) is 0 Å². The van der Waals surface area contributed by atoms with Gasteiger partial charge in [-0.25, -0.2) is 4.98 Å². The van der Waals surface area contributed by atoms with Crippen molar-refractivity contribution in [1.82, 2.24) is 9.88 Å². The summed E-state index contributed by atoms with van der Waals surface area (Å²) in [5.41, 5.74) is 1.08. The predicted octanol–water partition coefficient (Wildman–Crippen LogP) is 3.56. The van der Waals surface area contributed by atoms with Gasteiger partial charge in [0.1, 0.15) is 5.82 Å². The second-order valence-corrected chi connectivity index (χ2v) is 6.50. The van der Waals surface area contributed by atoms with Crippen LogP contribution >= 0.6 is 0 Å². The van der Waals surface area contributed by atoms with E-state index in [-0.39, 0.29) is 0 Å². The molecule has 2 atom stereocenters. The van der Waals surface area contributed by atoms with Crippen LogP contribution in [0.4, 0.5) is 5.82 Å². The number of rotatable bonds is 6. The van der Waals surface area contributed by atoms with Crippen LogP contribution in [0.1, 0.15) is 38.8 Å². The molecule has 1 aliphatic rings. The second-order valence-electron chi connectivity index (χ2n) is 6.50. The summed E-state index contributed by atoms with van der Waals surface area (Å²) >= 11 is 0. The van der Waals surface area contributed by atoms with E-state index in [0.717, 1.165) is 29.9 Å². The van der Waals surface area contributed by atoms with Crippen LogP contribution in [0.3, 0.4) is 0 Å². The third kappa shape index (κ3) is 5.12. The van der Waals surface area contributed by atoms with Crippen molar-refractivity contribution >= 4 is 5.82 Å². The van der Waals surface area contributed by atoms with E-state index in [9.17, 15) is 0 Å². The fourth-order valence-electron chi connectivity index (χ4n) is 3.29. The van der Waals surface area contributed by atoms with Crippen molar-refractivity contribution in [1.29, 1.82) is 0 Å². The molecule has 2 unspecified atom stereocenters. The fourth-order valence-corrected chi connectivity index (χ4v) is 3.29. The number of hydrogen-bond donors (Lipinski definition) is 1. The first kappa shape index (κ1) is 15.3. The molecule has 112 valence electrons. The van der Waals surface area contributed by atoms with Gasteiger partial charge in [0.25, 0.3) is 0 Å². The highest BCUT2D eigenvalue weighted by molar-refractivity contribution is 5.34. The van der Waals surface area contributed by atoms with Crippen molar-refractivity contribution in [2.24, 2.45) is 11.8 Å². The molecule has 1 fully saturated rings. The lowest BCUT2D eigenvalue weighted by atomic mass is 9.92. The zero-order chi connectivity index (χ0) is 14.4. The zero-order valence-electron chi connectivity index (χ0n) is 13.2. The lowest BCUT2D eigenvalue weighted by Crippen LogP contribution is -2.39. The van der Waals surface area contributed by atoms with Crippen molar-refractivity contribution in [3.8, 4) is 0 Å². The van der Waals surface area contributed by atoms with Gasteiger partial charge in [-0.3, -0.25) is 0 Å². The van der Waals surface area contributed by atoms with Crippen LogP contribution in [0, 0.1) is 18.8 Å².